The quantitative estimate of drug-likeness (QED) is 0.724. The fourth-order valence-corrected chi connectivity index (χ4v) is 5.44. The average molecular weight is 396 g/mol. The summed E-state index contributed by atoms with van der Waals surface area (Å²) in [4.78, 5) is 21.6. The molecule has 0 spiro atoms. The number of pyridine rings is 1. The van der Waals surface area contributed by atoms with Crippen LogP contribution in [-0.2, 0) is 7.05 Å². The van der Waals surface area contributed by atoms with Gasteiger partial charge in [0.1, 0.15) is 0 Å². The molecule has 28 heavy (non-hydrogen) atoms. The Morgan fingerprint density at radius 3 is 2.68 bits per heavy atom. The van der Waals surface area contributed by atoms with Crippen molar-refractivity contribution in [3.8, 4) is 10.6 Å². The number of nitrogens with zero attached hydrogens (tertiary/aromatic N) is 4. The Balaban J connectivity index is 1.56. The third-order valence-electron chi connectivity index (χ3n) is 6.28. The monoisotopic (exact) mass is 395 g/mol. The number of aromatic nitrogens is 3. The number of likely N-dealkylation sites (tertiary alicyclic amines) is 1. The molecule has 0 radical (unpaired) electrons. The molecule has 5 heterocycles. The molecule has 5 rings (SSSR count). The van der Waals surface area contributed by atoms with Crippen LogP contribution in [0.5, 0.6) is 0 Å². The van der Waals surface area contributed by atoms with Gasteiger partial charge in [-0.05, 0) is 62.2 Å². The molecule has 0 saturated carbocycles. The van der Waals surface area contributed by atoms with Crippen LogP contribution in [0.2, 0.25) is 0 Å². The summed E-state index contributed by atoms with van der Waals surface area (Å²) in [5.74, 6) is 1.53. The van der Waals surface area contributed by atoms with E-state index in [9.17, 15) is 4.79 Å². The van der Waals surface area contributed by atoms with E-state index in [1.54, 1.807) is 16.0 Å². The van der Waals surface area contributed by atoms with E-state index in [0.29, 0.717) is 11.8 Å². The summed E-state index contributed by atoms with van der Waals surface area (Å²) in [5, 5.41) is 11.0. The topological polar surface area (TPSA) is 63.1 Å². The van der Waals surface area contributed by atoms with Crippen LogP contribution >= 0.6 is 11.3 Å². The molecule has 2 atom stereocenters. The second-order valence-corrected chi connectivity index (χ2v) is 8.94. The molecule has 0 aromatic carbocycles. The van der Waals surface area contributed by atoms with Crippen molar-refractivity contribution in [1.82, 2.24) is 25.0 Å². The van der Waals surface area contributed by atoms with Gasteiger partial charge in [-0.3, -0.25) is 9.48 Å². The molecule has 0 aliphatic carbocycles. The van der Waals surface area contributed by atoms with Crippen LogP contribution < -0.4 is 5.32 Å². The lowest BCUT2D eigenvalue weighted by atomic mass is 9.92. The van der Waals surface area contributed by atoms with Crippen molar-refractivity contribution >= 4 is 28.3 Å². The summed E-state index contributed by atoms with van der Waals surface area (Å²) in [7, 11) is 1.90. The standard InChI is InChI=1S/C21H25N5OS/c1-13-19-16(21(27)26-7-5-14-11-22-12-15(14)6-8-26)10-17(18-4-3-9-28-18)23-20(19)25(2)24-13/h3-4,9-10,14-15,22H,5-8,11-12H2,1-2H3/t14-,15+. The molecule has 2 saturated heterocycles. The van der Waals surface area contributed by atoms with Crippen molar-refractivity contribution in [1.29, 1.82) is 0 Å². The molecular weight excluding hydrogens is 370 g/mol. The van der Waals surface area contributed by atoms with Crippen LogP contribution in [0.25, 0.3) is 21.6 Å². The Morgan fingerprint density at radius 1 is 1.25 bits per heavy atom. The molecule has 1 N–H and O–H groups in total. The number of thiophene rings is 1. The molecule has 0 bridgehead atoms. The normalized spacial score (nSPS) is 22.4. The first-order valence-electron chi connectivity index (χ1n) is 10.00. The molecular formula is C21H25N5OS. The molecule has 2 aliphatic heterocycles. The number of carbonyl (C=O) groups excluding carboxylic acids is 1. The molecule has 2 fully saturated rings. The van der Waals surface area contributed by atoms with Crippen molar-refractivity contribution in [2.75, 3.05) is 26.2 Å². The first-order valence-corrected chi connectivity index (χ1v) is 10.9. The van der Waals surface area contributed by atoms with Crippen LogP contribution in [-0.4, -0.2) is 51.8 Å². The Hall–Kier alpha value is -2.25. The number of nitrogens with one attached hydrogen (secondary N) is 1. The number of hydrogen-bond donors (Lipinski definition) is 1. The van der Waals surface area contributed by atoms with E-state index >= 15 is 0 Å². The highest BCUT2D eigenvalue weighted by atomic mass is 32.1. The number of fused-ring (bicyclic) bond motifs is 2. The Morgan fingerprint density at radius 2 is 2.00 bits per heavy atom. The van der Waals surface area contributed by atoms with Crippen molar-refractivity contribution < 1.29 is 4.79 Å². The van der Waals surface area contributed by atoms with Crippen LogP contribution in [0.4, 0.5) is 0 Å². The summed E-state index contributed by atoms with van der Waals surface area (Å²) in [6.45, 7) is 5.81. The zero-order valence-electron chi connectivity index (χ0n) is 16.3. The fourth-order valence-electron chi connectivity index (χ4n) is 4.76. The molecule has 1 amide bonds. The van der Waals surface area contributed by atoms with E-state index in [0.717, 1.165) is 71.9 Å². The predicted molar refractivity (Wildman–Crippen MR) is 112 cm³/mol. The van der Waals surface area contributed by atoms with Gasteiger partial charge in [-0.15, -0.1) is 11.3 Å². The highest BCUT2D eigenvalue weighted by molar-refractivity contribution is 7.13. The smallest absolute Gasteiger partial charge is 0.254 e. The summed E-state index contributed by atoms with van der Waals surface area (Å²) in [6.07, 6.45) is 2.17. The Labute approximate surface area is 168 Å². The van der Waals surface area contributed by atoms with Crippen molar-refractivity contribution in [3.05, 3.63) is 34.8 Å². The van der Waals surface area contributed by atoms with Gasteiger partial charge < -0.3 is 10.2 Å². The lowest BCUT2D eigenvalue weighted by molar-refractivity contribution is 0.0760. The third kappa shape index (κ3) is 2.93. The molecule has 146 valence electrons. The summed E-state index contributed by atoms with van der Waals surface area (Å²) < 4.78 is 1.79. The van der Waals surface area contributed by atoms with E-state index in [1.165, 1.54) is 0 Å². The average Bonchev–Trinajstić information content (AvgIpc) is 3.41. The Kier molecular flexibility index (Phi) is 4.44. The lowest BCUT2D eigenvalue weighted by Crippen LogP contribution is -2.33. The van der Waals surface area contributed by atoms with Gasteiger partial charge in [0.2, 0.25) is 0 Å². The number of hydrogen-bond acceptors (Lipinski definition) is 5. The maximum absolute atomic E-state index is 13.6. The van der Waals surface area contributed by atoms with Gasteiger partial charge in [0, 0.05) is 20.1 Å². The number of rotatable bonds is 2. The summed E-state index contributed by atoms with van der Waals surface area (Å²) >= 11 is 1.64. The van der Waals surface area contributed by atoms with Gasteiger partial charge in [0.05, 0.1) is 27.2 Å². The minimum absolute atomic E-state index is 0.120. The van der Waals surface area contributed by atoms with E-state index < -0.39 is 0 Å². The van der Waals surface area contributed by atoms with Gasteiger partial charge in [-0.25, -0.2) is 4.98 Å². The second kappa shape index (κ2) is 6.97. The zero-order chi connectivity index (χ0) is 19.3. The zero-order valence-corrected chi connectivity index (χ0v) is 17.1. The molecule has 0 unspecified atom stereocenters. The van der Waals surface area contributed by atoms with E-state index in [-0.39, 0.29) is 5.91 Å². The first kappa shape index (κ1) is 17.8. The van der Waals surface area contributed by atoms with Gasteiger partial charge >= 0.3 is 0 Å². The minimum atomic E-state index is 0.120. The molecule has 3 aromatic rings. The largest absolute Gasteiger partial charge is 0.339 e. The van der Waals surface area contributed by atoms with Gasteiger partial charge in [-0.1, -0.05) is 6.07 Å². The number of carbonyl (C=O) groups is 1. The highest BCUT2D eigenvalue weighted by Crippen LogP contribution is 2.32. The van der Waals surface area contributed by atoms with Gasteiger partial charge in [0.15, 0.2) is 5.65 Å². The molecule has 6 nitrogen and oxygen atoms in total. The van der Waals surface area contributed by atoms with E-state index in [4.69, 9.17) is 4.98 Å². The van der Waals surface area contributed by atoms with E-state index in [2.05, 4.69) is 21.4 Å². The predicted octanol–water partition coefficient (Wildman–Crippen LogP) is 3.08. The maximum atomic E-state index is 13.6. The molecule has 2 aliphatic rings. The first-order chi connectivity index (χ1) is 13.6. The summed E-state index contributed by atoms with van der Waals surface area (Å²) in [5.41, 5.74) is 3.23. The SMILES string of the molecule is Cc1nn(C)c2nc(-c3cccs3)cc(C(=O)N3CC[C@@H]4CNC[C@@H]4CC3)c12. The maximum Gasteiger partial charge on any atom is 0.254 e. The summed E-state index contributed by atoms with van der Waals surface area (Å²) in [6, 6.07) is 6.04. The fraction of sp³-hybridized carbons (Fsp3) is 0.476. The van der Waals surface area contributed by atoms with Crippen LogP contribution in [0.1, 0.15) is 28.9 Å². The second-order valence-electron chi connectivity index (χ2n) is 7.99. The van der Waals surface area contributed by atoms with Crippen molar-refractivity contribution in [2.45, 2.75) is 19.8 Å². The van der Waals surface area contributed by atoms with Crippen LogP contribution in [0.15, 0.2) is 23.6 Å². The van der Waals surface area contributed by atoms with Crippen LogP contribution in [0.3, 0.4) is 0 Å². The van der Waals surface area contributed by atoms with Gasteiger partial charge in [0.25, 0.3) is 5.91 Å². The molecule has 7 heteroatoms. The van der Waals surface area contributed by atoms with Crippen LogP contribution in [0, 0.1) is 18.8 Å². The van der Waals surface area contributed by atoms with Crippen molar-refractivity contribution in [3.63, 3.8) is 0 Å². The molecule has 3 aromatic heterocycles. The van der Waals surface area contributed by atoms with E-state index in [1.807, 2.05) is 31.5 Å². The number of aryl methyl sites for hydroxylation is 2. The lowest BCUT2D eigenvalue weighted by Gasteiger charge is -2.22. The minimum Gasteiger partial charge on any atom is -0.339 e. The highest BCUT2D eigenvalue weighted by Gasteiger charge is 2.32. The van der Waals surface area contributed by atoms with Crippen molar-refractivity contribution in [2.24, 2.45) is 18.9 Å². The van der Waals surface area contributed by atoms with Gasteiger partial charge in [-0.2, -0.15) is 5.10 Å². The number of amides is 1. The third-order valence-corrected chi connectivity index (χ3v) is 7.17. The Bertz CT molecular complexity index is 1010.